The quantitative estimate of drug-likeness (QED) is 0.561. The lowest BCUT2D eigenvalue weighted by molar-refractivity contribution is 0.109. The number of hydrogen-bond acceptors (Lipinski definition) is 4. The van der Waals surface area contributed by atoms with Gasteiger partial charge < -0.3 is 9.52 Å². The van der Waals surface area contributed by atoms with Crippen LogP contribution in [0.4, 0.5) is 0 Å². The van der Waals surface area contributed by atoms with Crippen LogP contribution >= 0.6 is 11.8 Å². The molecule has 13 heavy (non-hydrogen) atoms. The summed E-state index contributed by atoms with van der Waals surface area (Å²) in [5.74, 6) is 2.85. The van der Waals surface area contributed by atoms with Crippen LogP contribution in [-0.4, -0.2) is 23.8 Å². The molecule has 1 rings (SSSR count). The largest absolute Gasteiger partial charge is 0.457 e. The molecule has 0 atom stereocenters. The van der Waals surface area contributed by atoms with Gasteiger partial charge in [-0.15, -0.1) is 0 Å². The highest BCUT2D eigenvalue weighted by Crippen LogP contribution is 2.14. The molecule has 0 aliphatic carbocycles. The van der Waals surface area contributed by atoms with E-state index in [1.165, 1.54) is 0 Å². The van der Waals surface area contributed by atoms with Crippen molar-refractivity contribution >= 4 is 18.0 Å². The first-order valence-electron chi connectivity index (χ1n) is 4.09. The van der Waals surface area contributed by atoms with Crippen LogP contribution in [0.1, 0.15) is 22.7 Å². The molecule has 0 spiro atoms. The number of aliphatic hydroxyl groups excluding tert-OH is 1. The number of carbonyl (C=O) groups is 1. The second-order valence-corrected chi connectivity index (χ2v) is 3.66. The van der Waals surface area contributed by atoms with Gasteiger partial charge in [-0.1, -0.05) is 0 Å². The Labute approximate surface area is 81.1 Å². The van der Waals surface area contributed by atoms with Gasteiger partial charge in [-0.2, -0.15) is 11.8 Å². The topological polar surface area (TPSA) is 50.4 Å². The van der Waals surface area contributed by atoms with Crippen LogP contribution in [0, 0.1) is 0 Å². The summed E-state index contributed by atoms with van der Waals surface area (Å²) < 4.78 is 5.16. The average molecular weight is 200 g/mol. The Kier molecular flexibility index (Phi) is 4.64. The minimum Gasteiger partial charge on any atom is -0.457 e. The lowest BCUT2D eigenvalue weighted by Crippen LogP contribution is -1.86. The van der Waals surface area contributed by atoms with Crippen molar-refractivity contribution in [3.05, 3.63) is 23.7 Å². The van der Waals surface area contributed by atoms with E-state index >= 15 is 0 Å². The van der Waals surface area contributed by atoms with Crippen molar-refractivity contribution in [2.75, 3.05) is 12.4 Å². The summed E-state index contributed by atoms with van der Waals surface area (Å²) in [6.07, 6.45) is 1.49. The maximum absolute atomic E-state index is 10.3. The molecule has 0 aromatic carbocycles. The fourth-order valence-electron chi connectivity index (χ4n) is 0.875. The van der Waals surface area contributed by atoms with Crippen molar-refractivity contribution in [3.63, 3.8) is 0 Å². The van der Waals surface area contributed by atoms with Crippen molar-refractivity contribution in [1.82, 2.24) is 0 Å². The molecule has 0 saturated heterocycles. The molecule has 0 unspecified atom stereocenters. The van der Waals surface area contributed by atoms with E-state index in [4.69, 9.17) is 9.52 Å². The van der Waals surface area contributed by atoms with E-state index in [1.807, 2.05) is 0 Å². The van der Waals surface area contributed by atoms with Gasteiger partial charge in [0, 0.05) is 6.61 Å². The Hall–Kier alpha value is -0.740. The average Bonchev–Trinajstić information content (AvgIpc) is 2.60. The summed E-state index contributed by atoms with van der Waals surface area (Å²) in [5.41, 5.74) is 0. The summed E-state index contributed by atoms with van der Waals surface area (Å²) in [4.78, 5) is 10.3. The summed E-state index contributed by atoms with van der Waals surface area (Å²) in [5, 5.41) is 8.52. The third-order valence-electron chi connectivity index (χ3n) is 1.49. The van der Waals surface area contributed by atoms with Crippen LogP contribution in [-0.2, 0) is 5.75 Å². The molecule has 0 bridgehead atoms. The minimum atomic E-state index is 0.227. The van der Waals surface area contributed by atoms with Gasteiger partial charge in [-0.3, -0.25) is 4.79 Å². The molecule has 0 amide bonds. The van der Waals surface area contributed by atoms with Crippen molar-refractivity contribution in [3.8, 4) is 0 Å². The van der Waals surface area contributed by atoms with Crippen LogP contribution in [0.3, 0.4) is 0 Å². The zero-order valence-corrected chi connectivity index (χ0v) is 8.05. The molecule has 72 valence electrons. The molecule has 0 fully saturated rings. The highest BCUT2D eigenvalue weighted by atomic mass is 32.2. The van der Waals surface area contributed by atoms with Crippen LogP contribution < -0.4 is 0 Å². The SMILES string of the molecule is O=Cc1ccc(CSCCCO)o1. The number of hydrogen-bond donors (Lipinski definition) is 1. The molecule has 1 N–H and O–H groups in total. The van der Waals surface area contributed by atoms with Gasteiger partial charge in [0.2, 0.25) is 0 Å². The van der Waals surface area contributed by atoms with Crippen LogP contribution in [0.15, 0.2) is 16.5 Å². The van der Waals surface area contributed by atoms with Crippen LogP contribution in [0.2, 0.25) is 0 Å². The molecule has 1 heterocycles. The summed E-state index contributed by atoms with van der Waals surface area (Å²) >= 11 is 1.69. The fraction of sp³-hybridized carbons (Fsp3) is 0.444. The van der Waals surface area contributed by atoms with Gasteiger partial charge in [0.05, 0.1) is 5.75 Å². The first-order chi connectivity index (χ1) is 6.36. The molecular weight excluding hydrogens is 188 g/mol. The molecule has 0 aliphatic rings. The van der Waals surface area contributed by atoms with E-state index in [0.29, 0.717) is 12.0 Å². The summed E-state index contributed by atoms with van der Waals surface area (Å²) in [7, 11) is 0. The second kappa shape index (κ2) is 5.83. The first kappa shape index (κ1) is 10.3. The van der Waals surface area contributed by atoms with Gasteiger partial charge in [0.15, 0.2) is 12.0 Å². The molecular formula is C9H12O3S. The summed E-state index contributed by atoms with van der Waals surface area (Å²) in [6, 6.07) is 3.46. The normalized spacial score (nSPS) is 10.2. The Morgan fingerprint density at radius 2 is 2.38 bits per heavy atom. The van der Waals surface area contributed by atoms with Crippen molar-refractivity contribution in [2.24, 2.45) is 0 Å². The monoisotopic (exact) mass is 200 g/mol. The van der Waals surface area contributed by atoms with Gasteiger partial charge in [-0.25, -0.2) is 0 Å². The van der Waals surface area contributed by atoms with E-state index in [9.17, 15) is 4.79 Å². The Bertz CT molecular complexity index is 257. The van der Waals surface area contributed by atoms with E-state index in [1.54, 1.807) is 23.9 Å². The minimum absolute atomic E-state index is 0.227. The molecule has 3 nitrogen and oxygen atoms in total. The van der Waals surface area contributed by atoms with Crippen LogP contribution in [0.25, 0.3) is 0 Å². The lowest BCUT2D eigenvalue weighted by Gasteiger charge is -1.95. The number of carbonyl (C=O) groups excluding carboxylic acids is 1. The third kappa shape index (κ3) is 3.65. The maximum atomic E-state index is 10.3. The molecule has 1 aromatic rings. The standard InChI is InChI=1S/C9H12O3S/c10-4-1-5-13-7-9-3-2-8(6-11)12-9/h2-3,6,10H,1,4-5,7H2. The smallest absolute Gasteiger partial charge is 0.185 e. The zero-order chi connectivity index (χ0) is 9.52. The van der Waals surface area contributed by atoms with Crippen molar-refractivity contribution in [1.29, 1.82) is 0 Å². The van der Waals surface area contributed by atoms with E-state index in [0.717, 1.165) is 23.7 Å². The fourth-order valence-corrected chi connectivity index (χ4v) is 1.71. The maximum Gasteiger partial charge on any atom is 0.185 e. The molecule has 4 heteroatoms. The Morgan fingerprint density at radius 3 is 3.00 bits per heavy atom. The molecule has 0 aliphatic heterocycles. The Morgan fingerprint density at radius 1 is 1.54 bits per heavy atom. The number of furan rings is 1. The van der Waals surface area contributed by atoms with Gasteiger partial charge in [-0.05, 0) is 24.3 Å². The highest BCUT2D eigenvalue weighted by Gasteiger charge is 2.00. The first-order valence-corrected chi connectivity index (χ1v) is 5.25. The predicted octanol–water partition coefficient (Wildman–Crippen LogP) is 1.71. The lowest BCUT2D eigenvalue weighted by atomic mass is 10.4. The molecule has 0 radical (unpaired) electrons. The van der Waals surface area contributed by atoms with Crippen LogP contribution in [0.5, 0.6) is 0 Å². The van der Waals surface area contributed by atoms with E-state index in [-0.39, 0.29) is 6.61 Å². The van der Waals surface area contributed by atoms with Gasteiger partial charge in [0.25, 0.3) is 0 Å². The van der Waals surface area contributed by atoms with E-state index in [2.05, 4.69) is 0 Å². The highest BCUT2D eigenvalue weighted by molar-refractivity contribution is 7.98. The Balaban J connectivity index is 2.24. The molecule has 1 aromatic heterocycles. The number of rotatable bonds is 6. The molecule has 0 saturated carbocycles. The zero-order valence-electron chi connectivity index (χ0n) is 7.23. The number of aldehydes is 1. The number of thioether (sulfide) groups is 1. The third-order valence-corrected chi connectivity index (χ3v) is 2.56. The van der Waals surface area contributed by atoms with Crippen molar-refractivity contribution in [2.45, 2.75) is 12.2 Å². The second-order valence-electron chi connectivity index (χ2n) is 2.55. The van der Waals surface area contributed by atoms with Crippen molar-refractivity contribution < 1.29 is 14.3 Å². The van der Waals surface area contributed by atoms with E-state index < -0.39 is 0 Å². The summed E-state index contributed by atoms with van der Waals surface area (Å²) in [6.45, 7) is 0.227. The predicted molar refractivity (Wildman–Crippen MR) is 52.0 cm³/mol. The van der Waals surface area contributed by atoms with Gasteiger partial charge >= 0.3 is 0 Å². The van der Waals surface area contributed by atoms with Gasteiger partial charge in [0.1, 0.15) is 5.76 Å². The number of aliphatic hydroxyl groups is 1.